The van der Waals surface area contributed by atoms with Gasteiger partial charge in [0.1, 0.15) is 17.6 Å². The van der Waals surface area contributed by atoms with E-state index in [1.54, 1.807) is 19.2 Å². The largest absolute Gasteiger partial charge is 0.481 e. The average molecular weight is 281 g/mol. The molecule has 0 bridgehead atoms. The first kappa shape index (κ1) is 13.5. The number of carbonyl (C=O) groups is 1. The van der Waals surface area contributed by atoms with Crippen molar-refractivity contribution in [3.05, 3.63) is 23.2 Å². The van der Waals surface area contributed by atoms with E-state index in [0.29, 0.717) is 16.6 Å². The van der Waals surface area contributed by atoms with Crippen LogP contribution >= 0.6 is 11.3 Å². The maximum Gasteiger partial charge on any atom is 0.315 e. The number of thiazole rings is 1. The van der Waals surface area contributed by atoms with Gasteiger partial charge in [0.05, 0.1) is 11.7 Å². The van der Waals surface area contributed by atoms with Crippen LogP contribution in [-0.2, 0) is 10.2 Å². The number of rotatable bonds is 5. The lowest BCUT2D eigenvalue weighted by molar-refractivity contribution is -0.142. The Bertz CT molecular complexity index is 563. The second-order valence-corrected chi connectivity index (χ2v) is 5.56. The number of hydrogen-bond acceptors (Lipinski definition) is 6. The van der Waals surface area contributed by atoms with E-state index in [-0.39, 0.29) is 6.04 Å². The van der Waals surface area contributed by atoms with Gasteiger partial charge in [-0.05, 0) is 20.8 Å². The summed E-state index contributed by atoms with van der Waals surface area (Å²) < 4.78 is 0. The van der Waals surface area contributed by atoms with E-state index < -0.39 is 11.4 Å². The Morgan fingerprint density at radius 2 is 2.32 bits per heavy atom. The smallest absolute Gasteiger partial charge is 0.315 e. The van der Waals surface area contributed by atoms with Crippen LogP contribution in [0.25, 0.3) is 0 Å². The third kappa shape index (κ3) is 2.73. The van der Waals surface area contributed by atoms with Gasteiger partial charge in [0.2, 0.25) is 0 Å². The molecule has 0 spiro atoms. The second-order valence-electron chi connectivity index (χ2n) is 4.70. The maximum atomic E-state index is 11.2. The number of aromatic nitrogens is 4. The molecular weight excluding hydrogens is 266 g/mol. The van der Waals surface area contributed by atoms with Crippen LogP contribution in [-0.4, -0.2) is 31.2 Å². The molecule has 102 valence electrons. The molecule has 0 radical (unpaired) electrons. The molecule has 0 aliphatic heterocycles. The molecule has 1 unspecified atom stereocenters. The minimum Gasteiger partial charge on any atom is -0.481 e. The van der Waals surface area contributed by atoms with Crippen molar-refractivity contribution in [3.8, 4) is 0 Å². The molecule has 8 heteroatoms. The van der Waals surface area contributed by atoms with Gasteiger partial charge >= 0.3 is 5.97 Å². The summed E-state index contributed by atoms with van der Waals surface area (Å²) in [5.74, 6) is -0.193. The van der Waals surface area contributed by atoms with E-state index in [4.69, 9.17) is 5.11 Å². The monoisotopic (exact) mass is 281 g/mol. The minimum absolute atomic E-state index is 0.0746. The summed E-state index contributed by atoms with van der Waals surface area (Å²) in [5, 5.41) is 21.3. The molecule has 2 heterocycles. The summed E-state index contributed by atoms with van der Waals surface area (Å²) in [6, 6.07) is -0.0746. The zero-order valence-electron chi connectivity index (χ0n) is 10.8. The average Bonchev–Trinajstić information content (AvgIpc) is 2.99. The third-order valence-corrected chi connectivity index (χ3v) is 3.64. The third-order valence-electron chi connectivity index (χ3n) is 2.86. The lowest BCUT2D eigenvalue weighted by Gasteiger charge is -2.15. The van der Waals surface area contributed by atoms with Gasteiger partial charge in [0.15, 0.2) is 5.13 Å². The first-order valence-electron chi connectivity index (χ1n) is 5.72. The van der Waals surface area contributed by atoms with E-state index in [1.165, 1.54) is 17.7 Å². The number of hydrogen-bond donors (Lipinski definition) is 3. The number of aromatic amines is 1. The van der Waals surface area contributed by atoms with Crippen LogP contribution < -0.4 is 5.32 Å². The number of nitrogens with zero attached hydrogens (tertiary/aromatic N) is 3. The Morgan fingerprint density at radius 1 is 1.58 bits per heavy atom. The van der Waals surface area contributed by atoms with Crippen LogP contribution in [0, 0.1) is 0 Å². The summed E-state index contributed by atoms with van der Waals surface area (Å²) in [6.07, 6.45) is 1.44. The van der Waals surface area contributed by atoms with Gasteiger partial charge in [0, 0.05) is 5.38 Å². The van der Waals surface area contributed by atoms with Gasteiger partial charge in [-0.15, -0.1) is 11.3 Å². The number of carboxylic acid groups (broad SMARTS) is 1. The zero-order chi connectivity index (χ0) is 14.0. The van der Waals surface area contributed by atoms with Crippen molar-refractivity contribution >= 4 is 22.4 Å². The zero-order valence-corrected chi connectivity index (χ0v) is 11.7. The van der Waals surface area contributed by atoms with E-state index in [0.717, 1.165) is 0 Å². The normalized spacial score (nSPS) is 13.2. The van der Waals surface area contributed by atoms with Gasteiger partial charge in [-0.3, -0.25) is 9.89 Å². The summed E-state index contributed by atoms with van der Waals surface area (Å²) in [6.45, 7) is 5.19. The fraction of sp³-hybridized carbons (Fsp3) is 0.455. The predicted octanol–water partition coefficient (Wildman–Crippen LogP) is 1.80. The maximum absolute atomic E-state index is 11.2. The van der Waals surface area contributed by atoms with Crippen molar-refractivity contribution in [1.82, 2.24) is 20.2 Å². The van der Waals surface area contributed by atoms with Crippen LogP contribution in [0.1, 0.15) is 38.3 Å². The second kappa shape index (κ2) is 4.96. The SMILES string of the molecule is CC(Nc1nc(C(C)(C)C(=O)O)cs1)c1ncn[nH]1. The van der Waals surface area contributed by atoms with Crippen LogP contribution in [0.5, 0.6) is 0 Å². The van der Waals surface area contributed by atoms with Crippen LogP contribution in [0.15, 0.2) is 11.7 Å². The van der Waals surface area contributed by atoms with Gasteiger partial charge in [-0.2, -0.15) is 5.10 Å². The molecule has 0 fully saturated rings. The molecular formula is C11H15N5O2S. The highest BCUT2D eigenvalue weighted by atomic mass is 32.1. The molecule has 0 amide bonds. The van der Waals surface area contributed by atoms with Gasteiger partial charge in [0.25, 0.3) is 0 Å². The molecule has 19 heavy (non-hydrogen) atoms. The summed E-state index contributed by atoms with van der Waals surface area (Å²) in [5.41, 5.74) is -0.455. The minimum atomic E-state index is -0.994. The highest BCUT2D eigenvalue weighted by Gasteiger charge is 2.32. The Labute approximate surface area is 114 Å². The molecule has 2 aromatic rings. The highest BCUT2D eigenvalue weighted by molar-refractivity contribution is 7.13. The summed E-state index contributed by atoms with van der Waals surface area (Å²) in [7, 11) is 0. The quantitative estimate of drug-likeness (QED) is 0.772. The number of aliphatic carboxylic acids is 1. The summed E-state index contributed by atoms with van der Waals surface area (Å²) >= 11 is 1.37. The van der Waals surface area contributed by atoms with E-state index >= 15 is 0 Å². The highest BCUT2D eigenvalue weighted by Crippen LogP contribution is 2.28. The number of carboxylic acids is 1. The van der Waals surface area contributed by atoms with Crippen LogP contribution in [0.4, 0.5) is 5.13 Å². The van der Waals surface area contributed by atoms with Crippen LogP contribution in [0.2, 0.25) is 0 Å². The lowest BCUT2D eigenvalue weighted by atomic mass is 9.90. The molecule has 0 saturated heterocycles. The van der Waals surface area contributed by atoms with Crippen molar-refractivity contribution in [1.29, 1.82) is 0 Å². The Balaban J connectivity index is 2.12. The Hall–Kier alpha value is -1.96. The Kier molecular flexibility index (Phi) is 3.52. The number of nitrogens with one attached hydrogen (secondary N) is 2. The molecule has 7 nitrogen and oxygen atoms in total. The van der Waals surface area contributed by atoms with Crippen molar-refractivity contribution in [2.75, 3.05) is 5.32 Å². The van der Waals surface area contributed by atoms with Gasteiger partial charge < -0.3 is 10.4 Å². The molecule has 0 aliphatic rings. The van der Waals surface area contributed by atoms with E-state index in [2.05, 4.69) is 25.5 Å². The van der Waals surface area contributed by atoms with E-state index in [1.807, 2.05) is 6.92 Å². The van der Waals surface area contributed by atoms with Crippen molar-refractivity contribution in [3.63, 3.8) is 0 Å². The predicted molar refractivity (Wildman–Crippen MR) is 71.2 cm³/mol. The topological polar surface area (TPSA) is 104 Å². The molecule has 0 aromatic carbocycles. The standard InChI is InChI=1S/C11H15N5O2S/c1-6(8-12-5-13-16-8)14-10-15-7(4-19-10)11(2,3)9(17)18/h4-6H,1-3H3,(H,14,15)(H,17,18)(H,12,13,16). The lowest BCUT2D eigenvalue weighted by Crippen LogP contribution is -2.28. The molecule has 3 N–H and O–H groups in total. The van der Waals surface area contributed by atoms with Gasteiger partial charge in [-0.25, -0.2) is 9.97 Å². The fourth-order valence-electron chi connectivity index (χ4n) is 1.41. The Morgan fingerprint density at radius 3 is 2.89 bits per heavy atom. The molecule has 0 aliphatic carbocycles. The summed E-state index contributed by atoms with van der Waals surface area (Å²) in [4.78, 5) is 19.5. The van der Waals surface area contributed by atoms with Crippen molar-refractivity contribution in [2.45, 2.75) is 32.2 Å². The number of H-pyrrole nitrogens is 1. The van der Waals surface area contributed by atoms with Crippen molar-refractivity contribution < 1.29 is 9.90 Å². The number of anilines is 1. The van der Waals surface area contributed by atoms with Gasteiger partial charge in [-0.1, -0.05) is 0 Å². The van der Waals surface area contributed by atoms with Crippen molar-refractivity contribution in [2.24, 2.45) is 0 Å². The molecule has 0 saturated carbocycles. The fourth-order valence-corrected chi connectivity index (χ4v) is 2.38. The first-order chi connectivity index (χ1) is 8.91. The molecule has 2 rings (SSSR count). The van der Waals surface area contributed by atoms with E-state index in [9.17, 15) is 4.79 Å². The van der Waals surface area contributed by atoms with Crippen LogP contribution in [0.3, 0.4) is 0 Å². The molecule has 2 aromatic heterocycles. The first-order valence-corrected chi connectivity index (χ1v) is 6.60. The molecule has 1 atom stereocenters.